The molecule has 4 atom stereocenters. The average molecular weight is 513 g/mol. The Morgan fingerprint density at radius 1 is 1.09 bits per heavy atom. The van der Waals surface area contributed by atoms with Gasteiger partial charge in [-0.15, -0.1) is 0 Å². The number of hydrogen-bond donors (Lipinski definition) is 4. The maximum atomic E-state index is 13.2. The van der Waals surface area contributed by atoms with E-state index in [0.717, 1.165) is 12.2 Å². The van der Waals surface area contributed by atoms with Gasteiger partial charge in [-0.1, -0.05) is 61.4 Å². The second-order valence-corrected chi connectivity index (χ2v) is 11.9. The van der Waals surface area contributed by atoms with Gasteiger partial charge in [0.15, 0.2) is 0 Å². The molecule has 4 unspecified atom stereocenters. The molecule has 2 bridgehead atoms. The summed E-state index contributed by atoms with van der Waals surface area (Å²) < 4.78 is 5.86. The van der Waals surface area contributed by atoms with Gasteiger partial charge in [0.1, 0.15) is 17.8 Å². The molecule has 34 heavy (non-hydrogen) atoms. The van der Waals surface area contributed by atoms with Gasteiger partial charge in [0.25, 0.3) is 5.91 Å². The first kappa shape index (κ1) is 28.7. The second kappa shape index (κ2) is 14.8. The van der Waals surface area contributed by atoms with Crippen molar-refractivity contribution in [2.75, 3.05) is 24.6 Å². The molecule has 2 aliphatic rings. The number of hydrogen-bond acceptors (Lipinski definition) is 8. The number of nitrogens with one attached hydrogen (secondary N) is 4. The number of ether oxygens (including phenoxy) is 1. The Kier molecular flexibility index (Phi) is 12.5. The molecule has 1 saturated heterocycles. The Balaban J connectivity index is 2.43. The van der Waals surface area contributed by atoms with E-state index >= 15 is 0 Å². The van der Waals surface area contributed by atoms with Crippen molar-refractivity contribution in [3.05, 3.63) is 23.9 Å². The van der Waals surface area contributed by atoms with Crippen LogP contribution in [-0.4, -0.2) is 66.6 Å². The van der Waals surface area contributed by atoms with E-state index in [9.17, 15) is 14.4 Å². The summed E-state index contributed by atoms with van der Waals surface area (Å²) in [4.78, 5) is 39.2. The third kappa shape index (κ3) is 9.28. The predicted molar refractivity (Wildman–Crippen MR) is 140 cm³/mol. The van der Waals surface area contributed by atoms with Crippen LogP contribution in [0.25, 0.3) is 0 Å². The van der Waals surface area contributed by atoms with Crippen molar-refractivity contribution in [1.82, 2.24) is 21.3 Å². The summed E-state index contributed by atoms with van der Waals surface area (Å²) in [6, 6.07) is -1.15. The van der Waals surface area contributed by atoms with Gasteiger partial charge in [-0.3, -0.25) is 9.59 Å². The highest BCUT2D eigenvalue weighted by molar-refractivity contribution is 8.76. The Morgan fingerprint density at radius 2 is 1.85 bits per heavy atom. The van der Waals surface area contributed by atoms with Crippen LogP contribution >= 0.6 is 21.6 Å². The molecule has 0 aromatic rings. The van der Waals surface area contributed by atoms with Crippen LogP contribution in [-0.2, 0) is 19.1 Å². The van der Waals surface area contributed by atoms with E-state index in [4.69, 9.17) is 4.74 Å². The molecule has 0 aromatic heterocycles. The largest absolute Gasteiger partial charge is 0.457 e. The zero-order valence-corrected chi connectivity index (χ0v) is 22.5. The average Bonchev–Trinajstić information content (AvgIpc) is 2.79. The fraction of sp³-hybridized carbons (Fsp3) is 0.708. The number of fused-ring (bicyclic) bond motifs is 7. The van der Waals surface area contributed by atoms with Gasteiger partial charge in [0, 0.05) is 30.5 Å². The van der Waals surface area contributed by atoms with Crippen LogP contribution < -0.4 is 21.3 Å². The molecule has 0 radical (unpaired) electrons. The first-order valence-electron chi connectivity index (χ1n) is 12.1. The Labute approximate surface area is 211 Å². The van der Waals surface area contributed by atoms with Crippen LogP contribution in [0.5, 0.6) is 0 Å². The topological polar surface area (TPSA) is 109 Å². The summed E-state index contributed by atoms with van der Waals surface area (Å²) >= 11 is 0. The van der Waals surface area contributed by atoms with E-state index in [2.05, 4.69) is 35.1 Å². The SMILES string of the molecule is C/C=C1\NC(=O)C2CSSCC/C=C/C(CCNC(C(C)C)CN2)OC(=O)C(C(C)C)NC1=O. The number of carbonyl (C=O) groups excluding carboxylic acids is 3. The van der Waals surface area contributed by atoms with Gasteiger partial charge in [0.2, 0.25) is 5.91 Å². The lowest BCUT2D eigenvalue weighted by Crippen LogP contribution is -2.54. The third-order valence-electron chi connectivity index (χ3n) is 5.84. The molecule has 2 aliphatic heterocycles. The van der Waals surface area contributed by atoms with Crippen LogP contribution in [0, 0.1) is 11.8 Å². The van der Waals surface area contributed by atoms with Crippen molar-refractivity contribution >= 4 is 39.4 Å². The molecular formula is C24H40N4O4S2. The van der Waals surface area contributed by atoms with E-state index in [-0.39, 0.29) is 29.7 Å². The maximum absolute atomic E-state index is 13.2. The van der Waals surface area contributed by atoms with Crippen LogP contribution in [0.4, 0.5) is 0 Å². The van der Waals surface area contributed by atoms with Gasteiger partial charge in [-0.05, 0) is 37.8 Å². The molecule has 10 heteroatoms. The smallest absolute Gasteiger partial charge is 0.329 e. The Hall–Kier alpha value is -1.49. The quantitative estimate of drug-likeness (QED) is 0.193. The summed E-state index contributed by atoms with van der Waals surface area (Å²) in [7, 11) is 3.34. The molecule has 192 valence electrons. The lowest BCUT2D eigenvalue weighted by Gasteiger charge is -2.28. The zero-order chi connectivity index (χ0) is 25.1. The van der Waals surface area contributed by atoms with Crippen molar-refractivity contribution in [2.24, 2.45) is 11.8 Å². The number of allylic oxidation sites excluding steroid dienone is 2. The standard InChI is InChI=1S/C24H40N4O4S2/c1-6-18-22(29)28-21(16(4)5)24(31)32-17-9-7-8-12-33-34-14-20(23(30)27-18)26-13-19(15(2)3)25-11-10-17/h6-7,9,15-17,19-21,25-26H,8,10-14H2,1-5H3,(H,27,30)(H,28,29)/b9-7+,18-6-. The second-order valence-electron chi connectivity index (χ2n) is 9.24. The van der Waals surface area contributed by atoms with Crippen molar-refractivity contribution in [1.29, 1.82) is 0 Å². The first-order valence-corrected chi connectivity index (χ1v) is 14.6. The Morgan fingerprint density at radius 3 is 2.53 bits per heavy atom. The highest BCUT2D eigenvalue weighted by atomic mass is 33.1. The summed E-state index contributed by atoms with van der Waals surface area (Å²) in [5.41, 5.74) is 0.124. The van der Waals surface area contributed by atoms with Gasteiger partial charge >= 0.3 is 5.97 Å². The summed E-state index contributed by atoms with van der Waals surface area (Å²) in [6.07, 6.45) is 6.63. The van der Waals surface area contributed by atoms with E-state index in [1.165, 1.54) is 0 Å². The van der Waals surface area contributed by atoms with E-state index < -0.39 is 24.0 Å². The normalized spacial score (nSPS) is 31.0. The van der Waals surface area contributed by atoms with Crippen molar-refractivity contribution in [3.63, 3.8) is 0 Å². The monoisotopic (exact) mass is 512 g/mol. The molecule has 8 nitrogen and oxygen atoms in total. The minimum atomic E-state index is -0.824. The van der Waals surface area contributed by atoms with Crippen LogP contribution in [0.3, 0.4) is 0 Å². The number of amides is 2. The lowest BCUT2D eigenvalue weighted by atomic mass is 10.0. The van der Waals surface area contributed by atoms with Gasteiger partial charge < -0.3 is 26.0 Å². The predicted octanol–water partition coefficient (Wildman–Crippen LogP) is 2.38. The molecule has 2 heterocycles. The maximum Gasteiger partial charge on any atom is 0.329 e. The minimum absolute atomic E-state index is 0.124. The van der Waals surface area contributed by atoms with Crippen LogP contribution in [0.15, 0.2) is 23.9 Å². The fourth-order valence-electron chi connectivity index (χ4n) is 3.60. The minimum Gasteiger partial charge on any atom is -0.457 e. The molecule has 1 fully saturated rings. The van der Waals surface area contributed by atoms with E-state index in [1.54, 1.807) is 34.6 Å². The molecule has 2 rings (SSSR count). The molecule has 0 saturated carbocycles. The Bertz CT molecular complexity index is 757. The number of rotatable bonds is 2. The van der Waals surface area contributed by atoms with Crippen molar-refractivity contribution in [3.8, 4) is 0 Å². The molecule has 0 aromatic carbocycles. The summed E-state index contributed by atoms with van der Waals surface area (Å²) in [6.45, 7) is 10.9. The molecule has 0 aliphatic carbocycles. The first-order chi connectivity index (χ1) is 16.2. The summed E-state index contributed by atoms with van der Waals surface area (Å²) in [5.74, 6) is 0.380. The lowest BCUT2D eigenvalue weighted by molar-refractivity contribution is -0.152. The van der Waals surface area contributed by atoms with Crippen LogP contribution in [0.2, 0.25) is 0 Å². The van der Waals surface area contributed by atoms with E-state index in [0.29, 0.717) is 31.2 Å². The van der Waals surface area contributed by atoms with E-state index in [1.807, 2.05) is 26.0 Å². The molecule has 2 amide bonds. The van der Waals surface area contributed by atoms with Gasteiger partial charge in [-0.2, -0.15) is 0 Å². The van der Waals surface area contributed by atoms with Crippen molar-refractivity contribution in [2.45, 2.75) is 71.7 Å². The fourth-order valence-corrected chi connectivity index (χ4v) is 5.79. The number of esters is 1. The molecule has 4 N–H and O–H groups in total. The van der Waals surface area contributed by atoms with Crippen LogP contribution in [0.1, 0.15) is 47.5 Å². The highest BCUT2D eigenvalue weighted by Gasteiger charge is 2.30. The highest BCUT2D eigenvalue weighted by Crippen LogP contribution is 2.23. The molecule has 0 spiro atoms. The zero-order valence-electron chi connectivity index (χ0n) is 20.9. The van der Waals surface area contributed by atoms with Gasteiger partial charge in [0.05, 0.1) is 6.04 Å². The summed E-state index contributed by atoms with van der Waals surface area (Å²) in [5, 5.41) is 12.5. The number of carbonyl (C=O) groups is 3. The van der Waals surface area contributed by atoms with Gasteiger partial charge in [-0.25, -0.2) is 4.79 Å². The molecular weight excluding hydrogens is 472 g/mol. The third-order valence-corrected chi connectivity index (χ3v) is 8.29. The van der Waals surface area contributed by atoms with Crippen molar-refractivity contribution < 1.29 is 19.1 Å².